The fraction of sp³-hybridized carbons (Fsp3) is 0.636. The molecule has 0 aromatic carbocycles. The predicted octanol–water partition coefficient (Wildman–Crippen LogP) is 2.28. The number of rotatable bonds is 2. The van der Waals surface area contributed by atoms with E-state index in [0.717, 1.165) is 36.6 Å². The molecule has 3 rings (SSSR count). The van der Waals surface area contributed by atoms with Gasteiger partial charge in [-0.25, -0.2) is 0 Å². The minimum absolute atomic E-state index is 0.265. The molecule has 3 heterocycles. The molecule has 1 N–H and O–H groups in total. The van der Waals surface area contributed by atoms with Crippen molar-refractivity contribution in [1.82, 2.24) is 5.32 Å². The van der Waals surface area contributed by atoms with Crippen molar-refractivity contribution in [3.8, 4) is 0 Å². The summed E-state index contributed by atoms with van der Waals surface area (Å²) >= 11 is 7.73. The first-order valence-electron chi connectivity index (χ1n) is 5.35. The van der Waals surface area contributed by atoms with Crippen molar-refractivity contribution in [2.24, 2.45) is 5.92 Å². The van der Waals surface area contributed by atoms with Crippen LogP contribution in [0.2, 0.25) is 4.34 Å². The minimum Gasteiger partial charge on any atom is -0.379 e. The highest BCUT2D eigenvalue weighted by Gasteiger charge is 2.48. The van der Waals surface area contributed by atoms with Gasteiger partial charge in [-0.3, -0.25) is 0 Å². The van der Waals surface area contributed by atoms with Gasteiger partial charge in [0.05, 0.1) is 23.0 Å². The molecule has 2 saturated heterocycles. The van der Waals surface area contributed by atoms with E-state index in [0.29, 0.717) is 0 Å². The Hall–Kier alpha value is -0.0900. The first-order chi connectivity index (χ1) is 7.31. The first kappa shape index (κ1) is 10.1. The maximum absolute atomic E-state index is 6.02. The Morgan fingerprint density at radius 1 is 1.47 bits per heavy atom. The van der Waals surface area contributed by atoms with Gasteiger partial charge in [0.25, 0.3) is 0 Å². The van der Waals surface area contributed by atoms with E-state index in [1.165, 1.54) is 11.3 Å². The monoisotopic (exact) mass is 243 g/mol. The van der Waals surface area contributed by atoms with E-state index in [-0.39, 0.29) is 5.41 Å². The summed E-state index contributed by atoms with van der Waals surface area (Å²) in [4.78, 5) is 1.41. The van der Waals surface area contributed by atoms with Gasteiger partial charge in [0.1, 0.15) is 0 Å². The zero-order chi connectivity index (χ0) is 10.3. The van der Waals surface area contributed by atoms with E-state index in [4.69, 9.17) is 16.3 Å². The molecule has 2 nitrogen and oxygen atoms in total. The summed E-state index contributed by atoms with van der Waals surface area (Å²) in [5.74, 6) is 0.723. The summed E-state index contributed by atoms with van der Waals surface area (Å²) < 4.78 is 6.34. The molecule has 0 saturated carbocycles. The molecule has 4 heteroatoms. The molecule has 0 aliphatic carbocycles. The molecule has 0 spiro atoms. The fourth-order valence-corrected chi connectivity index (χ4v) is 3.89. The highest BCUT2D eigenvalue weighted by molar-refractivity contribution is 7.16. The van der Waals surface area contributed by atoms with Gasteiger partial charge in [-0.1, -0.05) is 11.6 Å². The molecule has 2 aliphatic heterocycles. The van der Waals surface area contributed by atoms with Crippen LogP contribution in [-0.2, 0) is 10.2 Å². The van der Waals surface area contributed by atoms with Gasteiger partial charge >= 0.3 is 0 Å². The molecule has 1 unspecified atom stereocenters. The SMILES string of the molecule is Clc1ccc(C2(C3CCNC3)COC2)s1. The predicted molar refractivity (Wildman–Crippen MR) is 62.8 cm³/mol. The van der Waals surface area contributed by atoms with Crippen LogP contribution >= 0.6 is 22.9 Å². The normalized spacial score (nSPS) is 29.0. The van der Waals surface area contributed by atoms with Crippen LogP contribution in [0.4, 0.5) is 0 Å². The topological polar surface area (TPSA) is 21.3 Å². The molecule has 15 heavy (non-hydrogen) atoms. The molecular weight excluding hydrogens is 230 g/mol. The van der Waals surface area contributed by atoms with Crippen LogP contribution in [0.3, 0.4) is 0 Å². The molecule has 1 aromatic heterocycles. The fourth-order valence-electron chi connectivity index (χ4n) is 2.61. The van der Waals surface area contributed by atoms with E-state index in [2.05, 4.69) is 11.4 Å². The quantitative estimate of drug-likeness (QED) is 0.861. The summed E-state index contributed by atoms with van der Waals surface area (Å²) in [5, 5.41) is 3.44. The van der Waals surface area contributed by atoms with Crippen molar-refractivity contribution in [1.29, 1.82) is 0 Å². The van der Waals surface area contributed by atoms with Crippen LogP contribution in [0.15, 0.2) is 12.1 Å². The minimum atomic E-state index is 0.265. The lowest BCUT2D eigenvalue weighted by Crippen LogP contribution is -2.52. The zero-order valence-corrected chi connectivity index (χ0v) is 10.0. The zero-order valence-electron chi connectivity index (χ0n) is 8.46. The van der Waals surface area contributed by atoms with Gasteiger partial charge < -0.3 is 10.1 Å². The number of halogens is 1. The highest BCUT2D eigenvalue weighted by atomic mass is 35.5. The second kappa shape index (κ2) is 3.74. The smallest absolute Gasteiger partial charge is 0.0931 e. The van der Waals surface area contributed by atoms with Gasteiger partial charge in [-0.05, 0) is 37.6 Å². The lowest BCUT2D eigenvalue weighted by atomic mass is 9.72. The molecule has 1 atom stereocenters. The third kappa shape index (κ3) is 1.53. The van der Waals surface area contributed by atoms with E-state index >= 15 is 0 Å². The Balaban J connectivity index is 1.91. The van der Waals surface area contributed by atoms with Crippen LogP contribution in [-0.4, -0.2) is 26.3 Å². The summed E-state index contributed by atoms with van der Waals surface area (Å²) in [6.45, 7) is 4.01. The number of ether oxygens (including phenoxy) is 1. The standard InChI is InChI=1S/C11H14ClNOS/c12-10-2-1-9(15-10)11(6-14-7-11)8-3-4-13-5-8/h1-2,8,13H,3-7H2. The van der Waals surface area contributed by atoms with Gasteiger partial charge in [0.2, 0.25) is 0 Å². The van der Waals surface area contributed by atoms with E-state index in [9.17, 15) is 0 Å². The van der Waals surface area contributed by atoms with Crippen molar-refractivity contribution >= 4 is 22.9 Å². The highest BCUT2D eigenvalue weighted by Crippen LogP contribution is 2.45. The van der Waals surface area contributed by atoms with Crippen LogP contribution in [0.25, 0.3) is 0 Å². The van der Waals surface area contributed by atoms with Crippen molar-refractivity contribution in [2.75, 3.05) is 26.3 Å². The van der Waals surface area contributed by atoms with E-state index in [1.807, 2.05) is 6.07 Å². The molecule has 0 bridgehead atoms. The number of hydrogen-bond acceptors (Lipinski definition) is 3. The van der Waals surface area contributed by atoms with E-state index < -0.39 is 0 Å². The Morgan fingerprint density at radius 2 is 2.33 bits per heavy atom. The molecule has 1 aromatic rings. The molecule has 82 valence electrons. The molecule has 2 aliphatic rings. The Labute approximate surface area is 98.6 Å². The summed E-state index contributed by atoms with van der Waals surface area (Å²) in [5.41, 5.74) is 0.265. The number of nitrogens with one attached hydrogen (secondary N) is 1. The molecule has 2 fully saturated rings. The van der Waals surface area contributed by atoms with Crippen molar-refractivity contribution < 1.29 is 4.74 Å². The number of thiophene rings is 1. The lowest BCUT2D eigenvalue weighted by molar-refractivity contribution is -0.0850. The van der Waals surface area contributed by atoms with Gasteiger partial charge in [-0.2, -0.15) is 0 Å². The van der Waals surface area contributed by atoms with Gasteiger partial charge in [0.15, 0.2) is 0 Å². The molecular formula is C11H14ClNOS. The van der Waals surface area contributed by atoms with Gasteiger partial charge in [0, 0.05) is 4.88 Å². The Morgan fingerprint density at radius 3 is 2.80 bits per heavy atom. The third-order valence-electron chi connectivity index (χ3n) is 3.62. The average Bonchev–Trinajstić information content (AvgIpc) is 2.75. The lowest BCUT2D eigenvalue weighted by Gasteiger charge is -2.45. The van der Waals surface area contributed by atoms with Crippen molar-refractivity contribution in [2.45, 2.75) is 11.8 Å². The Kier molecular flexibility index (Phi) is 2.51. The summed E-state index contributed by atoms with van der Waals surface area (Å²) in [6.07, 6.45) is 1.26. The maximum Gasteiger partial charge on any atom is 0.0931 e. The maximum atomic E-state index is 6.02. The molecule has 0 amide bonds. The summed E-state index contributed by atoms with van der Waals surface area (Å²) in [6, 6.07) is 4.18. The second-order valence-electron chi connectivity index (χ2n) is 4.44. The van der Waals surface area contributed by atoms with Crippen molar-refractivity contribution in [3.63, 3.8) is 0 Å². The first-order valence-corrected chi connectivity index (χ1v) is 6.55. The molecule has 0 radical (unpaired) electrons. The third-order valence-corrected chi connectivity index (χ3v) is 5.08. The summed E-state index contributed by atoms with van der Waals surface area (Å²) in [7, 11) is 0. The van der Waals surface area contributed by atoms with Crippen LogP contribution in [0.1, 0.15) is 11.3 Å². The second-order valence-corrected chi connectivity index (χ2v) is 6.16. The van der Waals surface area contributed by atoms with Crippen LogP contribution < -0.4 is 5.32 Å². The van der Waals surface area contributed by atoms with Crippen molar-refractivity contribution in [3.05, 3.63) is 21.3 Å². The average molecular weight is 244 g/mol. The Bertz CT molecular complexity index is 355. The van der Waals surface area contributed by atoms with Gasteiger partial charge in [-0.15, -0.1) is 11.3 Å². The largest absolute Gasteiger partial charge is 0.379 e. The van der Waals surface area contributed by atoms with E-state index in [1.54, 1.807) is 11.3 Å². The van der Waals surface area contributed by atoms with Crippen LogP contribution in [0.5, 0.6) is 0 Å². The van der Waals surface area contributed by atoms with Crippen LogP contribution in [0, 0.1) is 5.92 Å². The number of hydrogen-bond donors (Lipinski definition) is 1.